The molecule has 3 amide bonds. The molecule has 2 aliphatic rings. The number of rotatable bonds is 5. The highest BCUT2D eigenvalue weighted by molar-refractivity contribution is 5.98. The number of carbonyl (C=O) groups is 2. The molecule has 24 heavy (non-hydrogen) atoms. The summed E-state index contributed by atoms with van der Waals surface area (Å²) < 4.78 is 0. The molecule has 0 spiro atoms. The van der Waals surface area contributed by atoms with Crippen LogP contribution in [0.4, 0.5) is 10.5 Å². The predicted octanol–water partition coefficient (Wildman–Crippen LogP) is 1.89. The molecule has 132 valence electrons. The predicted molar refractivity (Wildman–Crippen MR) is 96.7 cm³/mol. The van der Waals surface area contributed by atoms with Gasteiger partial charge in [-0.25, -0.2) is 4.79 Å². The maximum atomic E-state index is 12.6. The summed E-state index contributed by atoms with van der Waals surface area (Å²) in [5, 5.41) is 5.90. The molecule has 1 saturated carbocycles. The lowest BCUT2D eigenvalue weighted by molar-refractivity contribution is 0.0897. The lowest BCUT2D eigenvalue weighted by Crippen LogP contribution is -2.53. The average molecular weight is 353 g/mol. The molecule has 0 aromatic heterocycles. The Labute approximate surface area is 148 Å². The van der Waals surface area contributed by atoms with E-state index in [1.54, 1.807) is 17.0 Å². The molecule has 1 aliphatic carbocycles. The Morgan fingerprint density at radius 3 is 2.83 bits per heavy atom. The van der Waals surface area contributed by atoms with E-state index in [9.17, 15) is 9.59 Å². The summed E-state index contributed by atoms with van der Waals surface area (Å²) in [5.41, 5.74) is 6.81. The van der Waals surface area contributed by atoms with Crippen LogP contribution in [0.3, 0.4) is 0 Å². The maximum absolute atomic E-state index is 12.6. The molecule has 4 N–H and O–H groups in total. The third kappa shape index (κ3) is 3.82. The molecular formula is C17H25ClN4O2. The molecule has 1 saturated heterocycles. The monoisotopic (exact) mass is 352 g/mol. The zero-order valence-electron chi connectivity index (χ0n) is 13.9. The van der Waals surface area contributed by atoms with Crippen molar-refractivity contribution in [2.75, 3.05) is 24.5 Å². The number of halogens is 1. The van der Waals surface area contributed by atoms with Gasteiger partial charge in [0, 0.05) is 30.9 Å². The van der Waals surface area contributed by atoms with E-state index >= 15 is 0 Å². The Kier molecular flexibility index (Phi) is 5.72. The van der Waals surface area contributed by atoms with Gasteiger partial charge in [0.05, 0.1) is 5.54 Å². The van der Waals surface area contributed by atoms with E-state index in [2.05, 4.69) is 10.6 Å². The van der Waals surface area contributed by atoms with Gasteiger partial charge >= 0.3 is 6.03 Å². The van der Waals surface area contributed by atoms with E-state index in [-0.39, 0.29) is 29.9 Å². The number of nitrogens with one attached hydrogen (secondary N) is 2. The van der Waals surface area contributed by atoms with Gasteiger partial charge in [0.25, 0.3) is 5.91 Å². The van der Waals surface area contributed by atoms with Crippen molar-refractivity contribution in [1.29, 1.82) is 0 Å². The minimum atomic E-state index is -0.352. The molecule has 1 aliphatic heterocycles. The van der Waals surface area contributed by atoms with Crippen molar-refractivity contribution in [2.45, 2.75) is 31.7 Å². The Morgan fingerprint density at radius 1 is 1.46 bits per heavy atom. The first-order valence-corrected chi connectivity index (χ1v) is 8.21. The zero-order valence-corrected chi connectivity index (χ0v) is 14.7. The number of hydrogen-bond donors (Lipinski definition) is 3. The van der Waals surface area contributed by atoms with Gasteiger partial charge in [-0.05, 0) is 50.3 Å². The quantitative estimate of drug-likeness (QED) is 0.756. The maximum Gasteiger partial charge on any atom is 0.321 e. The van der Waals surface area contributed by atoms with Gasteiger partial charge in [0.1, 0.15) is 0 Å². The number of urea groups is 1. The van der Waals surface area contributed by atoms with Crippen molar-refractivity contribution in [3.8, 4) is 0 Å². The topological polar surface area (TPSA) is 87.5 Å². The van der Waals surface area contributed by atoms with Crippen LogP contribution in [0.25, 0.3) is 0 Å². The molecule has 1 aromatic carbocycles. The smallest absolute Gasteiger partial charge is 0.321 e. The van der Waals surface area contributed by atoms with Gasteiger partial charge in [0.15, 0.2) is 0 Å². The van der Waals surface area contributed by atoms with Crippen LogP contribution in [-0.2, 0) is 0 Å². The van der Waals surface area contributed by atoms with Crippen LogP contribution in [0.2, 0.25) is 0 Å². The van der Waals surface area contributed by atoms with E-state index in [1.807, 2.05) is 19.1 Å². The van der Waals surface area contributed by atoms with Crippen LogP contribution in [0, 0.1) is 5.92 Å². The van der Waals surface area contributed by atoms with E-state index in [4.69, 9.17) is 5.73 Å². The summed E-state index contributed by atoms with van der Waals surface area (Å²) in [7, 11) is 0. The van der Waals surface area contributed by atoms with E-state index in [1.165, 1.54) is 0 Å². The third-order valence-electron chi connectivity index (χ3n) is 4.80. The lowest BCUT2D eigenvalue weighted by Gasteiger charge is -2.30. The normalized spacial score (nSPS) is 19.8. The Hall–Kier alpha value is -1.79. The minimum absolute atomic E-state index is 0. The molecule has 1 unspecified atom stereocenters. The first kappa shape index (κ1) is 18.5. The number of nitrogens with zero attached hydrogens (tertiary/aromatic N) is 1. The molecule has 3 rings (SSSR count). The fourth-order valence-corrected chi connectivity index (χ4v) is 3.06. The summed E-state index contributed by atoms with van der Waals surface area (Å²) in [5.74, 6) is 0.330. The van der Waals surface area contributed by atoms with Crippen LogP contribution in [0.5, 0.6) is 0 Å². The number of anilines is 1. The van der Waals surface area contributed by atoms with Gasteiger partial charge in [-0.3, -0.25) is 9.69 Å². The van der Waals surface area contributed by atoms with Crippen molar-refractivity contribution < 1.29 is 9.59 Å². The summed E-state index contributed by atoms with van der Waals surface area (Å²) in [6, 6.07) is 7.08. The molecule has 1 atom stereocenters. The summed E-state index contributed by atoms with van der Waals surface area (Å²) >= 11 is 0. The summed E-state index contributed by atoms with van der Waals surface area (Å²) in [6.45, 7) is 3.80. The fourth-order valence-electron chi connectivity index (χ4n) is 3.06. The fraction of sp³-hybridized carbons (Fsp3) is 0.529. The SMILES string of the molecule is CC(CN)(NC(=O)c1cccc(N2CCCNC2=O)c1)C1CC1.Cl. The second-order valence-electron chi connectivity index (χ2n) is 6.64. The van der Waals surface area contributed by atoms with Crippen LogP contribution in [0.1, 0.15) is 36.5 Å². The number of nitrogens with two attached hydrogens (primary N) is 1. The van der Waals surface area contributed by atoms with Crippen molar-refractivity contribution in [3.63, 3.8) is 0 Å². The highest BCUT2D eigenvalue weighted by atomic mass is 35.5. The first-order valence-electron chi connectivity index (χ1n) is 8.21. The largest absolute Gasteiger partial charge is 0.345 e. The van der Waals surface area contributed by atoms with Gasteiger partial charge in [-0.1, -0.05) is 6.07 Å². The van der Waals surface area contributed by atoms with Crippen LogP contribution < -0.4 is 21.3 Å². The third-order valence-corrected chi connectivity index (χ3v) is 4.80. The summed E-state index contributed by atoms with van der Waals surface area (Å²) in [4.78, 5) is 26.2. The Balaban J connectivity index is 0.00000208. The molecule has 0 bridgehead atoms. The van der Waals surface area contributed by atoms with Gasteiger partial charge in [0.2, 0.25) is 0 Å². The highest BCUT2D eigenvalue weighted by Crippen LogP contribution is 2.39. The van der Waals surface area contributed by atoms with E-state index in [0.717, 1.165) is 24.9 Å². The summed E-state index contributed by atoms with van der Waals surface area (Å²) in [6.07, 6.45) is 3.12. The Morgan fingerprint density at radius 2 is 2.21 bits per heavy atom. The van der Waals surface area contributed by atoms with Crippen molar-refractivity contribution in [3.05, 3.63) is 29.8 Å². The van der Waals surface area contributed by atoms with Crippen LogP contribution in [-0.4, -0.2) is 37.1 Å². The van der Waals surface area contributed by atoms with E-state index < -0.39 is 0 Å². The second kappa shape index (κ2) is 7.40. The minimum Gasteiger partial charge on any atom is -0.345 e. The lowest BCUT2D eigenvalue weighted by atomic mass is 9.95. The standard InChI is InChI=1S/C17H24N4O2.ClH/c1-17(11-18,13-6-7-13)20-15(22)12-4-2-5-14(10-12)21-9-3-8-19-16(21)23;/h2,4-5,10,13H,3,6-9,11,18H2,1H3,(H,19,23)(H,20,22);1H. The highest BCUT2D eigenvalue weighted by Gasteiger charge is 2.41. The molecule has 7 heteroatoms. The van der Waals surface area contributed by atoms with Crippen LogP contribution in [0.15, 0.2) is 24.3 Å². The number of hydrogen-bond acceptors (Lipinski definition) is 3. The van der Waals surface area contributed by atoms with Crippen molar-refractivity contribution in [1.82, 2.24) is 10.6 Å². The number of benzene rings is 1. The van der Waals surface area contributed by atoms with Gasteiger partial charge in [-0.15, -0.1) is 12.4 Å². The van der Waals surface area contributed by atoms with Gasteiger partial charge in [-0.2, -0.15) is 0 Å². The van der Waals surface area contributed by atoms with Crippen LogP contribution >= 0.6 is 12.4 Å². The zero-order chi connectivity index (χ0) is 16.4. The van der Waals surface area contributed by atoms with Gasteiger partial charge < -0.3 is 16.4 Å². The molecule has 6 nitrogen and oxygen atoms in total. The molecular weight excluding hydrogens is 328 g/mol. The second-order valence-corrected chi connectivity index (χ2v) is 6.64. The molecule has 0 radical (unpaired) electrons. The average Bonchev–Trinajstić information content (AvgIpc) is 3.40. The molecule has 2 fully saturated rings. The molecule has 1 aromatic rings. The van der Waals surface area contributed by atoms with Crippen molar-refractivity contribution >= 4 is 30.0 Å². The Bertz CT molecular complexity index is 620. The van der Waals surface area contributed by atoms with E-state index in [0.29, 0.717) is 31.1 Å². The first-order chi connectivity index (χ1) is 11.0. The molecule has 1 heterocycles. The van der Waals surface area contributed by atoms with Crippen molar-refractivity contribution in [2.24, 2.45) is 11.7 Å². The number of carbonyl (C=O) groups excluding carboxylic acids is 2. The number of amides is 3.